The van der Waals surface area contributed by atoms with Crippen molar-refractivity contribution in [2.45, 2.75) is 10.1 Å². The molecule has 1 N–H and O–H groups in total. The molecular weight excluding hydrogens is 478 g/mol. The molecule has 0 saturated carbocycles. The topological polar surface area (TPSA) is 116 Å². The van der Waals surface area contributed by atoms with Gasteiger partial charge in [0.2, 0.25) is 15.9 Å². The lowest BCUT2D eigenvalue weighted by molar-refractivity contribution is -0.113. The van der Waals surface area contributed by atoms with Gasteiger partial charge in [0.15, 0.2) is 11.0 Å². The van der Waals surface area contributed by atoms with Crippen LogP contribution in [0.25, 0.3) is 11.4 Å². The number of ether oxygens (including phenoxy) is 2. The molecule has 1 aliphatic rings. The second-order valence-electron chi connectivity index (χ2n) is 7.44. The van der Waals surface area contributed by atoms with Crippen LogP contribution in [0.2, 0.25) is 0 Å². The van der Waals surface area contributed by atoms with Crippen molar-refractivity contribution in [1.29, 1.82) is 0 Å². The van der Waals surface area contributed by atoms with Crippen molar-refractivity contribution in [3.63, 3.8) is 0 Å². The standard InChI is InChI=1S/C22H25N5O5S2/c1-26-21(16-7-9-17(10-8-16)34(29,30)27-11-13-32-14-12-27)24-25-22(26)33-15-20(28)23-18-5-3-4-6-19(18)31-2/h3-10H,11-15H2,1-2H3,(H,23,28). The largest absolute Gasteiger partial charge is 0.495 e. The fourth-order valence-electron chi connectivity index (χ4n) is 3.47. The first-order valence-electron chi connectivity index (χ1n) is 10.5. The highest BCUT2D eigenvalue weighted by atomic mass is 32.2. The highest BCUT2D eigenvalue weighted by Gasteiger charge is 2.26. The molecule has 4 rings (SSSR count). The number of nitrogens with one attached hydrogen (secondary N) is 1. The molecule has 0 radical (unpaired) electrons. The third-order valence-electron chi connectivity index (χ3n) is 5.27. The summed E-state index contributed by atoms with van der Waals surface area (Å²) in [4.78, 5) is 12.6. The van der Waals surface area contributed by atoms with Gasteiger partial charge in [-0.05, 0) is 36.4 Å². The normalized spacial score (nSPS) is 14.6. The number of nitrogens with zero attached hydrogens (tertiary/aromatic N) is 4. The molecular formula is C22H25N5O5S2. The van der Waals surface area contributed by atoms with Gasteiger partial charge in [0.05, 0.1) is 36.7 Å². The molecule has 2 heterocycles. The first-order chi connectivity index (χ1) is 16.4. The van der Waals surface area contributed by atoms with Gasteiger partial charge in [0, 0.05) is 25.7 Å². The van der Waals surface area contributed by atoms with Gasteiger partial charge < -0.3 is 19.4 Å². The number of rotatable bonds is 8. The van der Waals surface area contributed by atoms with E-state index in [-0.39, 0.29) is 16.6 Å². The van der Waals surface area contributed by atoms with Gasteiger partial charge in [-0.2, -0.15) is 4.31 Å². The van der Waals surface area contributed by atoms with Crippen LogP contribution in [-0.4, -0.2) is 72.6 Å². The van der Waals surface area contributed by atoms with Gasteiger partial charge in [0.1, 0.15) is 5.75 Å². The molecule has 12 heteroatoms. The molecule has 2 aromatic carbocycles. The van der Waals surface area contributed by atoms with Crippen LogP contribution in [0.3, 0.4) is 0 Å². The molecule has 1 aliphatic heterocycles. The lowest BCUT2D eigenvalue weighted by Crippen LogP contribution is -2.40. The first kappa shape index (κ1) is 24.2. The number of para-hydroxylation sites is 2. The molecule has 0 aliphatic carbocycles. The maximum atomic E-state index is 12.8. The third-order valence-corrected chi connectivity index (χ3v) is 8.20. The number of amides is 1. The van der Waals surface area contributed by atoms with Crippen molar-refractivity contribution in [2.24, 2.45) is 7.05 Å². The summed E-state index contributed by atoms with van der Waals surface area (Å²) >= 11 is 1.25. The van der Waals surface area contributed by atoms with Gasteiger partial charge >= 0.3 is 0 Å². The second kappa shape index (κ2) is 10.6. The Hall–Kier alpha value is -2.93. The van der Waals surface area contributed by atoms with Crippen LogP contribution in [-0.2, 0) is 26.6 Å². The molecule has 0 unspecified atom stereocenters. The Morgan fingerprint density at radius 3 is 2.53 bits per heavy atom. The third kappa shape index (κ3) is 5.25. The first-order valence-corrected chi connectivity index (χ1v) is 13.0. The number of hydrogen-bond donors (Lipinski definition) is 1. The monoisotopic (exact) mass is 503 g/mol. The summed E-state index contributed by atoms with van der Waals surface area (Å²) < 4.78 is 39.3. The van der Waals surface area contributed by atoms with Crippen molar-refractivity contribution in [2.75, 3.05) is 44.5 Å². The Morgan fingerprint density at radius 1 is 1.12 bits per heavy atom. The summed E-state index contributed by atoms with van der Waals surface area (Å²) in [6, 6.07) is 13.7. The van der Waals surface area contributed by atoms with Crippen molar-refractivity contribution < 1.29 is 22.7 Å². The molecule has 1 saturated heterocycles. The Balaban J connectivity index is 1.41. The van der Waals surface area contributed by atoms with Gasteiger partial charge in [-0.1, -0.05) is 23.9 Å². The van der Waals surface area contributed by atoms with Crippen LogP contribution >= 0.6 is 11.8 Å². The van der Waals surface area contributed by atoms with Gasteiger partial charge in [0.25, 0.3) is 0 Å². The lowest BCUT2D eigenvalue weighted by Gasteiger charge is -2.26. The van der Waals surface area contributed by atoms with E-state index in [9.17, 15) is 13.2 Å². The molecule has 3 aromatic rings. The van der Waals surface area contributed by atoms with Crippen LogP contribution in [0.15, 0.2) is 58.6 Å². The quantitative estimate of drug-likeness (QED) is 0.466. The van der Waals surface area contributed by atoms with E-state index >= 15 is 0 Å². The second-order valence-corrected chi connectivity index (χ2v) is 10.3. The average molecular weight is 504 g/mol. The average Bonchev–Trinajstić information content (AvgIpc) is 3.23. The summed E-state index contributed by atoms with van der Waals surface area (Å²) in [6.07, 6.45) is 0. The molecule has 0 atom stereocenters. The number of aromatic nitrogens is 3. The Kier molecular flexibility index (Phi) is 7.51. The Labute approximate surface area is 202 Å². The van der Waals surface area contributed by atoms with Gasteiger partial charge in [-0.3, -0.25) is 4.79 Å². The summed E-state index contributed by atoms with van der Waals surface area (Å²) in [5, 5.41) is 11.8. The van der Waals surface area contributed by atoms with E-state index in [0.29, 0.717) is 48.7 Å². The smallest absolute Gasteiger partial charge is 0.243 e. The fourth-order valence-corrected chi connectivity index (χ4v) is 5.59. The zero-order valence-corrected chi connectivity index (χ0v) is 20.4. The van der Waals surface area contributed by atoms with E-state index < -0.39 is 10.0 Å². The van der Waals surface area contributed by atoms with E-state index in [4.69, 9.17) is 9.47 Å². The van der Waals surface area contributed by atoms with Crippen molar-refractivity contribution in [3.8, 4) is 17.1 Å². The van der Waals surface area contributed by atoms with Crippen LogP contribution < -0.4 is 10.1 Å². The van der Waals surface area contributed by atoms with E-state index in [1.165, 1.54) is 16.1 Å². The maximum Gasteiger partial charge on any atom is 0.243 e. The summed E-state index contributed by atoms with van der Waals surface area (Å²) in [7, 11) is -0.215. The Bertz CT molecular complexity index is 1250. The maximum absolute atomic E-state index is 12.8. The molecule has 34 heavy (non-hydrogen) atoms. The Morgan fingerprint density at radius 2 is 1.82 bits per heavy atom. The number of anilines is 1. The minimum Gasteiger partial charge on any atom is -0.495 e. The lowest BCUT2D eigenvalue weighted by atomic mass is 10.2. The van der Waals surface area contributed by atoms with Gasteiger partial charge in [-0.15, -0.1) is 10.2 Å². The number of morpholine rings is 1. The van der Waals surface area contributed by atoms with Crippen LogP contribution in [0.4, 0.5) is 5.69 Å². The molecule has 10 nitrogen and oxygen atoms in total. The van der Waals surface area contributed by atoms with Crippen molar-refractivity contribution in [1.82, 2.24) is 19.1 Å². The molecule has 1 aromatic heterocycles. The zero-order valence-electron chi connectivity index (χ0n) is 18.8. The van der Waals surface area contributed by atoms with E-state index in [1.54, 1.807) is 55.1 Å². The number of hydrogen-bond acceptors (Lipinski definition) is 8. The number of carbonyl (C=O) groups excluding carboxylic acids is 1. The number of benzene rings is 2. The van der Waals surface area contributed by atoms with Crippen LogP contribution in [0.1, 0.15) is 0 Å². The van der Waals surface area contributed by atoms with Gasteiger partial charge in [-0.25, -0.2) is 8.42 Å². The molecule has 1 amide bonds. The predicted octanol–water partition coefficient (Wildman–Crippen LogP) is 2.24. The summed E-state index contributed by atoms with van der Waals surface area (Å²) in [6.45, 7) is 1.48. The van der Waals surface area contributed by atoms with E-state index in [2.05, 4.69) is 15.5 Å². The van der Waals surface area contributed by atoms with Crippen molar-refractivity contribution >= 4 is 33.4 Å². The number of carbonyl (C=O) groups is 1. The van der Waals surface area contributed by atoms with E-state index in [0.717, 1.165) is 5.56 Å². The highest BCUT2D eigenvalue weighted by Crippen LogP contribution is 2.26. The molecule has 0 bridgehead atoms. The number of thioether (sulfide) groups is 1. The number of methoxy groups -OCH3 is 1. The van der Waals surface area contributed by atoms with Crippen molar-refractivity contribution in [3.05, 3.63) is 48.5 Å². The van der Waals surface area contributed by atoms with Crippen LogP contribution in [0, 0.1) is 0 Å². The highest BCUT2D eigenvalue weighted by molar-refractivity contribution is 7.99. The summed E-state index contributed by atoms with van der Waals surface area (Å²) in [5.41, 5.74) is 1.32. The molecule has 1 fully saturated rings. The van der Waals surface area contributed by atoms with Crippen LogP contribution in [0.5, 0.6) is 5.75 Å². The minimum atomic E-state index is -3.56. The minimum absolute atomic E-state index is 0.140. The molecule has 180 valence electrons. The zero-order chi connectivity index (χ0) is 24.1. The van der Waals surface area contributed by atoms with E-state index in [1.807, 2.05) is 12.1 Å². The SMILES string of the molecule is COc1ccccc1NC(=O)CSc1nnc(-c2ccc(S(=O)(=O)N3CCOCC3)cc2)n1C. The molecule has 0 spiro atoms. The predicted molar refractivity (Wildman–Crippen MR) is 128 cm³/mol. The fraction of sp³-hybridized carbons (Fsp3) is 0.318. The number of sulfonamides is 1. The summed E-state index contributed by atoms with van der Waals surface area (Å²) in [5.74, 6) is 1.10.